The maximum Gasteiger partial charge on any atom is 0.151 e. The van der Waals surface area contributed by atoms with Crippen LogP contribution in [-0.2, 0) is 9.84 Å². The summed E-state index contributed by atoms with van der Waals surface area (Å²) < 4.78 is 36.7. The van der Waals surface area contributed by atoms with Gasteiger partial charge in [0.25, 0.3) is 0 Å². The predicted molar refractivity (Wildman–Crippen MR) is 74.4 cm³/mol. The molecule has 1 aromatic rings. The molecule has 2 atom stereocenters. The van der Waals surface area contributed by atoms with Gasteiger partial charge < -0.3 is 5.32 Å². The van der Waals surface area contributed by atoms with E-state index < -0.39 is 9.84 Å². The van der Waals surface area contributed by atoms with Gasteiger partial charge in [-0.1, -0.05) is 12.1 Å². The molecule has 1 heterocycles. The first-order valence-corrected chi connectivity index (χ1v) is 8.42. The third-order valence-corrected chi connectivity index (χ3v) is 5.47. The first kappa shape index (κ1) is 14.5. The lowest BCUT2D eigenvalue weighted by Crippen LogP contribution is -2.41. The molecule has 0 aliphatic carbocycles. The van der Waals surface area contributed by atoms with Crippen molar-refractivity contribution in [3.63, 3.8) is 0 Å². The minimum atomic E-state index is -2.91. The Hall–Kier alpha value is -0.940. The lowest BCUT2D eigenvalue weighted by Gasteiger charge is -2.27. The molecular weight excluding hydrogens is 265 g/mol. The van der Waals surface area contributed by atoms with Crippen LogP contribution in [0.2, 0.25) is 0 Å². The largest absolute Gasteiger partial charge is 0.306 e. The van der Waals surface area contributed by atoms with Crippen LogP contribution in [0.1, 0.15) is 36.9 Å². The minimum Gasteiger partial charge on any atom is -0.306 e. The Bertz CT molecular complexity index is 557. The summed E-state index contributed by atoms with van der Waals surface area (Å²) in [6.07, 6.45) is 1.56. The molecule has 0 spiro atoms. The van der Waals surface area contributed by atoms with Gasteiger partial charge in [-0.3, -0.25) is 0 Å². The molecule has 0 aromatic heterocycles. The molecule has 0 radical (unpaired) electrons. The van der Waals surface area contributed by atoms with Gasteiger partial charge in [-0.25, -0.2) is 12.8 Å². The van der Waals surface area contributed by atoms with E-state index in [4.69, 9.17) is 0 Å². The van der Waals surface area contributed by atoms with Gasteiger partial charge in [0.05, 0.1) is 11.5 Å². The SMILES string of the molecule is Cc1ccc(C(C)NC2CCCS(=O)(=O)C2)cc1F. The van der Waals surface area contributed by atoms with Gasteiger partial charge in [-0.2, -0.15) is 0 Å². The topological polar surface area (TPSA) is 46.2 Å². The number of aryl methyl sites for hydroxylation is 1. The lowest BCUT2D eigenvalue weighted by atomic mass is 10.0. The van der Waals surface area contributed by atoms with E-state index in [0.717, 1.165) is 12.0 Å². The molecule has 106 valence electrons. The van der Waals surface area contributed by atoms with E-state index in [1.807, 2.05) is 13.0 Å². The summed E-state index contributed by atoms with van der Waals surface area (Å²) in [4.78, 5) is 0. The molecule has 0 amide bonds. The predicted octanol–water partition coefficient (Wildman–Crippen LogP) is 2.36. The van der Waals surface area contributed by atoms with Crippen LogP contribution in [0, 0.1) is 12.7 Å². The summed E-state index contributed by atoms with van der Waals surface area (Å²) in [6, 6.07) is 5.07. The van der Waals surface area contributed by atoms with E-state index >= 15 is 0 Å². The lowest BCUT2D eigenvalue weighted by molar-refractivity contribution is 0.436. The van der Waals surface area contributed by atoms with Crippen LogP contribution in [0.5, 0.6) is 0 Å². The molecule has 5 heteroatoms. The van der Waals surface area contributed by atoms with Crippen molar-refractivity contribution in [3.8, 4) is 0 Å². The number of sulfone groups is 1. The fourth-order valence-electron chi connectivity index (χ4n) is 2.48. The highest BCUT2D eigenvalue weighted by Crippen LogP contribution is 2.20. The molecule has 1 saturated heterocycles. The molecule has 2 unspecified atom stereocenters. The molecule has 19 heavy (non-hydrogen) atoms. The number of nitrogens with one attached hydrogen (secondary N) is 1. The van der Waals surface area contributed by atoms with Crippen molar-refractivity contribution in [1.82, 2.24) is 5.32 Å². The van der Waals surface area contributed by atoms with Crippen LogP contribution >= 0.6 is 0 Å². The van der Waals surface area contributed by atoms with E-state index in [2.05, 4.69) is 5.32 Å². The zero-order valence-electron chi connectivity index (χ0n) is 11.3. The van der Waals surface area contributed by atoms with Crippen molar-refractivity contribution in [2.75, 3.05) is 11.5 Å². The van der Waals surface area contributed by atoms with E-state index in [1.54, 1.807) is 13.0 Å². The van der Waals surface area contributed by atoms with Gasteiger partial charge in [-0.15, -0.1) is 0 Å². The van der Waals surface area contributed by atoms with E-state index in [0.29, 0.717) is 17.7 Å². The van der Waals surface area contributed by atoms with E-state index in [9.17, 15) is 12.8 Å². The number of hydrogen-bond acceptors (Lipinski definition) is 3. The Kier molecular flexibility index (Phi) is 4.26. The molecule has 2 rings (SSSR count). The second-order valence-corrected chi connectivity index (χ2v) is 7.58. The van der Waals surface area contributed by atoms with Gasteiger partial charge >= 0.3 is 0 Å². The van der Waals surface area contributed by atoms with Gasteiger partial charge in [0, 0.05) is 12.1 Å². The van der Waals surface area contributed by atoms with Gasteiger partial charge in [0.15, 0.2) is 9.84 Å². The van der Waals surface area contributed by atoms with Crippen LogP contribution in [0.4, 0.5) is 4.39 Å². The smallest absolute Gasteiger partial charge is 0.151 e. The molecule has 0 saturated carbocycles. The quantitative estimate of drug-likeness (QED) is 0.927. The van der Waals surface area contributed by atoms with E-state index in [-0.39, 0.29) is 23.7 Å². The van der Waals surface area contributed by atoms with Crippen LogP contribution in [0.15, 0.2) is 18.2 Å². The first-order chi connectivity index (χ1) is 8.87. The number of benzene rings is 1. The van der Waals surface area contributed by atoms with Crippen molar-refractivity contribution >= 4 is 9.84 Å². The Morgan fingerprint density at radius 1 is 1.42 bits per heavy atom. The highest BCUT2D eigenvalue weighted by Gasteiger charge is 2.25. The molecule has 1 N–H and O–H groups in total. The Morgan fingerprint density at radius 2 is 2.16 bits per heavy atom. The Balaban J connectivity index is 2.04. The fraction of sp³-hybridized carbons (Fsp3) is 0.571. The summed E-state index contributed by atoms with van der Waals surface area (Å²) in [5, 5.41) is 3.29. The van der Waals surface area contributed by atoms with Crippen LogP contribution < -0.4 is 5.32 Å². The second kappa shape index (κ2) is 5.59. The third-order valence-electron chi connectivity index (χ3n) is 3.64. The highest BCUT2D eigenvalue weighted by atomic mass is 32.2. The van der Waals surface area contributed by atoms with Crippen LogP contribution in [0.25, 0.3) is 0 Å². The molecule has 1 aromatic carbocycles. The summed E-state index contributed by atoms with van der Waals surface area (Å²) >= 11 is 0. The minimum absolute atomic E-state index is 0.0295. The van der Waals surface area contributed by atoms with Gasteiger partial charge in [0.2, 0.25) is 0 Å². The van der Waals surface area contributed by atoms with E-state index in [1.165, 1.54) is 6.07 Å². The average Bonchev–Trinajstić information content (AvgIpc) is 2.31. The number of hydrogen-bond donors (Lipinski definition) is 1. The summed E-state index contributed by atoms with van der Waals surface area (Å²) in [5.41, 5.74) is 1.47. The standard InChI is InChI=1S/C14H20FNO2S/c1-10-5-6-12(8-14(10)15)11(2)16-13-4-3-7-19(17,18)9-13/h5-6,8,11,13,16H,3-4,7,9H2,1-2H3. The molecule has 1 aliphatic rings. The number of halogens is 1. The summed E-state index contributed by atoms with van der Waals surface area (Å²) in [5.74, 6) is 0.257. The monoisotopic (exact) mass is 285 g/mol. The van der Waals surface area contributed by atoms with Gasteiger partial charge in [-0.05, 0) is 43.9 Å². The van der Waals surface area contributed by atoms with Crippen molar-refractivity contribution < 1.29 is 12.8 Å². The maximum absolute atomic E-state index is 13.5. The van der Waals surface area contributed by atoms with Crippen molar-refractivity contribution in [1.29, 1.82) is 0 Å². The summed E-state index contributed by atoms with van der Waals surface area (Å²) in [6.45, 7) is 3.66. The number of rotatable bonds is 3. The van der Waals surface area contributed by atoms with Crippen molar-refractivity contribution in [2.24, 2.45) is 0 Å². The fourth-order valence-corrected chi connectivity index (χ4v) is 4.13. The summed E-state index contributed by atoms with van der Waals surface area (Å²) in [7, 11) is -2.91. The third kappa shape index (κ3) is 3.76. The normalized spacial score (nSPS) is 24.1. The average molecular weight is 285 g/mol. The maximum atomic E-state index is 13.5. The zero-order valence-corrected chi connectivity index (χ0v) is 12.1. The second-order valence-electron chi connectivity index (χ2n) is 5.35. The van der Waals surface area contributed by atoms with Crippen LogP contribution in [0.3, 0.4) is 0 Å². The van der Waals surface area contributed by atoms with Gasteiger partial charge in [0.1, 0.15) is 5.82 Å². The molecular formula is C14H20FNO2S. The first-order valence-electron chi connectivity index (χ1n) is 6.60. The Morgan fingerprint density at radius 3 is 2.79 bits per heavy atom. The molecule has 1 aliphatic heterocycles. The molecule has 0 bridgehead atoms. The van der Waals surface area contributed by atoms with Crippen LogP contribution in [-0.4, -0.2) is 26.0 Å². The molecule has 3 nitrogen and oxygen atoms in total. The highest BCUT2D eigenvalue weighted by molar-refractivity contribution is 7.91. The van der Waals surface area contributed by atoms with Crippen molar-refractivity contribution in [3.05, 3.63) is 35.1 Å². The zero-order chi connectivity index (χ0) is 14.0. The molecule has 1 fully saturated rings. The van der Waals surface area contributed by atoms with Crippen molar-refractivity contribution in [2.45, 2.75) is 38.8 Å². The Labute approximate surface area is 114 Å².